The highest BCUT2D eigenvalue weighted by Crippen LogP contribution is 2.25. The van der Waals surface area contributed by atoms with Crippen molar-refractivity contribution in [1.29, 1.82) is 0 Å². The van der Waals surface area contributed by atoms with Crippen molar-refractivity contribution in [3.05, 3.63) is 0 Å². The highest BCUT2D eigenvalue weighted by molar-refractivity contribution is 7.99. The van der Waals surface area contributed by atoms with Crippen LogP contribution in [0.25, 0.3) is 0 Å². The highest BCUT2D eigenvalue weighted by Gasteiger charge is 2.17. The molecular formula is C15H28N2OS. The second-order valence-corrected chi connectivity index (χ2v) is 7.08. The lowest BCUT2D eigenvalue weighted by atomic mass is 9.87. The van der Waals surface area contributed by atoms with E-state index in [0.29, 0.717) is 12.0 Å². The van der Waals surface area contributed by atoms with Crippen molar-refractivity contribution < 1.29 is 4.79 Å². The first-order valence-corrected chi connectivity index (χ1v) is 9.08. The molecule has 0 bridgehead atoms. The van der Waals surface area contributed by atoms with E-state index < -0.39 is 0 Å². The minimum Gasteiger partial charge on any atom is -0.355 e. The molecule has 2 N–H and O–H groups in total. The molecule has 0 unspecified atom stereocenters. The number of hydrogen-bond acceptors (Lipinski definition) is 3. The molecule has 1 atom stereocenters. The average Bonchev–Trinajstić information content (AvgIpc) is 2.46. The maximum Gasteiger partial charge on any atom is 0.220 e. The van der Waals surface area contributed by atoms with E-state index in [1.807, 2.05) is 11.8 Å². The van der Waals surface area contributed by atoms with Crippen molar-refractivity contribution >= 4 is 17.7 Å². The van der Waals surface area contributed by atoms with Crippen LogP contribution in [-0.2, 0) is 4.79 Å². The molecule has 1 amide bonds. The summed E-state index contributed by atoms with van der Waals surface area (Å²) in [6, 6.07) is 0.661. The Labute approximate surface area is 121 Å². The van der Waals surface area contributed by atoms with E-state index in [2.05, 4.69) is 10.6 Å². The molecule has 4 heteroatoms. The summed E-state index contributed by atoms with van der Waals surface area (Å²) in [4.78, 5) is 11.8. The number of nitrogens with one attached hydrogen (secondary N) is 2. The van der Waals surface area contributed by atoms with E-state index in [9.17, 15) is 4.79 Å². The largest absolute Gasteiger partial charge is 0.355 e. The molecule has 1 aliphatic carbocycles. The molecule has 1 saturated carbocycles. The van der Waals surface area contributed by atoms with E-state index in [4.69, 9.17) is 0 Å². The van der Waals surface area contributed by atoms with Gasteiger partial charge < -0.3 is 10.6 Å². The summed E-state index contributed by atoms with van der Waals surface area (Å²) in [6.07, 6.45) is 9.88. The Morgan fingerprint density at radius 2 is 1.89 bits per heavy atom. The van der Waals surface area contributed by atoms with E-state index >= 15 is 0 Å². The van der Waals surface area contributed by atoms with Gasteiger partial charge in [-0.2, -0.15) is 11.8 Å². The Balaban J connectivity index is 1.48. The summed E-state index contributed by atoms with van der Waals surface area (Å²) < 4.78 is 0. The van der Waals surface area contributed by atoms with Gasteiger partial charge in [0.15, 0.2) is 0 Å². The Hall–Kier alpha value is -0.220. The van der Waals surface area contributed by atoms with Gasteiger partial charge in [-0.1, -0.05) is 19.3 Å². The van der Waals surface area contributed by atoms with E-state index in [-0.39, 0.29) is 5.91 Å². The molecule has 3 nitrogen and oxygen atoms in total. The molecule has 1 aliphatic heterocycles. The topological polar surface area (TPSA) is 41.1 Å². The summed E-state index contributed by atoms with van der Waals surface area (Å²) in [5, 5.41) is 6.61. The van der Waals surface area contributed by atoms with Crippen LogP contribution in [0, 0.1) is 5.92 Å². The standard InChI is InChI=1S/C15H28N2OS/c18-15(11-13-5-2-1-3-6-13)17-9-8-16-14-7-4-10-19-12-14/h13-14,16H,1-12H2,(H,17,18)/t14-/m0/s1. The maximum absolute atomic E-state index is 11.8. The molecule has 1 saturated heterocycles. The van der Waals surface area contributed by atoms with Crippen LogP contribution in [0.4, 0.5) is 0 Å². The van der Waals surface area contributed by atoms with Crippen molar-refractivity contribution in [2.75, 3.05) is 24.6 Å². The second kappa shape index (κ2) is 8.85. The quantitative estimate of drug-likeness (QED) is 0.737. The lowest BCUT2D eigenvalue weighted by molar-refractivity contribution is -0.122. The Morgan fingerprint density at radius 1 is 1.05 bits per heavy atom. The van der Waals surface area contributed by atoms with Crippen LogP contribution in [-0.4, -0.2) is 36.5 Å². The molecule has 19 heavy (non-hydrogen) atoms. The zero-order valence-electron chi connectivity index (χ0n) is 12.0. The first kappa shape index (κ1) is 15.2. The normalized spacial score (nSPS) is 25.2. The predicted octanol–water partition coefficient (Wildman–Crippen LogP) is 2.56. The number of rotatable bonds is 6. The smallest absolute Gasteiger partial charge is 0.220 e. The van der Waals surface area contributed by atoms with Gasteiger partial charge in [-0.3, -0.25) is 4.79 Å². The number of amides is 1. The molecule has 0 aromatic heterocycles. The van der Waals surface area contributed by atoms with Gasteiger partial charge in [-0.15, -0.1) is 0 Å². The van der Waals surface area contributed by atoms with Crippen molar-refractivity contribution in [2.45, 2.75) is 57.4 Å². The number of thioether (sulfide) groups is 1. The molecular weight excluding hydrogens is 256 g/mol. The zero-order chi connectivity index (χ0) is 13.3. The fourth-order valence-corrected chi connectivity index (χ4v) is 4.21. The van der Waals surface area contributed by atoms with Crippen LogP contribution in [0.3, 0.4) is 0 Å². The van der Waals surface area contributed by atoms with E-state index in [1.165, 1.54) is 56.5 Å². The molecule has 0 aromatic rings. The third-order valence-electron chi connectivity index (χ3n) is 4.24. The van der Waals surface area contributed by atoms with Crippen LogP contribution in [0.2, 0.25) is 0 Å². The molecule has 2 fully saturated rings. The lowest BCUT2D eigenvalue weighted by Gasteiger charge is -2.23. The van der Waals surface area contributed by atoms with Crippen LogP contribution >= 0.6 is 11.8 Å². The van der Waals surface area contributed by atoms with Crippen molar-refractivity contribution in [2.24, 2.45) is 5.92 Å². The molecule has 2 aliphatic rings. The third kappa shape index (κ3) is 6.17. The van der Waals surface area contributed by atoms with Gasteiger partial charge in [-0.25, -0.2) is 0 Å². The van der Waals surface area contributed by atoms with Crippen molar-refractivity contribution in [3.8, 4) is 0 Å². The predicted molar refractivity (Wildman–Crippen MR) is 82.6 cm³/mol. The van der Waals surface area contributed by atoms with Gasteiger partial charge in [0.25, 0.3) is 0 Å². The fraction of sp³-hybridized carbons (Fsp3) is 0.933. The SMILES string of the molecule is O=C(CC1CCCCC1)NCCN[C@H]1CCCSC1. The van der Waals surface area contributed by atoms with Gasteiger partial charge in [0.1, 0.15) is 0 Å². The van der Waals surface area contributed by atoms with Crippen LogP contribution in [0.1, 0.15) is 51.4 Å². The van der Waals surface area contributed by atoms with Crippen LogP contribution in [0.15, 0.2) is 0 Å². The number of carbonyl (C=O) groups excluding carboxylic acids is 1. The maximum atomic E-state index is 11.8. The average molecular weight is 284 g/mol. The first-order valence-electron chi connectivity index (χ1n) is 7.92. The van der Waals surface area contributed by atoms with E-state index in [0.717, 1.165) is 19.5 Å². The summed E-state index contributed by atoms with van der Waals surface area (Å²) in [5.74, 6) is 3.45. The van der Waals surface area contributed by atoms with Gasteiger partial charge >= 0.3 is 0 Å². The second-order valence-electron chi connectivity index (χ2n) is 5.93. The Morgan fingerprint density at radius 3 is 2.63 bits per heavy atom. The minimum atomic E-state index is 0.256. The van der Waals surface area contributed by atoms with Crippen molar-refractivity contribution in [1.82, 2.24) is 10.6 Å². The molecule has 110 valence electrons. The fourth-order valence-electron chi connectivity index (χ4n) is 3.11. The number of hydrogen-bond donors (Lipinski definition) is 2. The lowest BCUT2D eigenvalue weighted by Crippen LogP contribution is -2.39. The summed E-state index contributed by atoms with van der Waals surface area (Å²) in [6.45, 7) is 1.70. The van der Waals surface area contributed by atoms with Gasteiger partial charge in [0, 0.05) is 31.3 Å². The molecule has 0 spiro atoms. The summed E-state index contributed by atoms with van der Waals surface area (Å²) >= 11 is 2.04. The zero-order valence-corrected chi connectivity index (χ0v) is 12.8. The van der Waals surface area contributed by atoms with Crippen molar-refractivity contribution in [3.63, 3.8) is 0 Å². The van der Waals surface area contributed by atoms with Gasteiger partial charge in [-0.05, 0) is 37.4 Å². The molecule has 0 radical (unpaired) electrons. The minimum absolute atomic E-state index is 0.256. The summed E-state index contributed by atoms with van der Waals surface area (Å²) in [7, 11) is 0. The summed E-state index contributed by atoms with van der Waals surface area (Å²) in [5.41, 5.74) is 0. The first-order chi connectivity index (χ1) is 9.34. The third-order valence-corrected chi connectivity index (χ3v) is 5.45. The number of carbonyl (C=O) groups is 1. The van der Waals surface area contributed by atoms with Gasteiger partial charge in [0.05, 0.1) is 0 Å². The molecule has 1 heterocycles. The molecule has 0 aromatic carbocycles. The van der Waals surface area contributed by atoms with Gasteiger partial charge in [0.2, 0.25) is 5.91 Å². The highest BCUT2D eigenvalue weighted by atomic mass is 32.2. The monoisotopic (exact) mass is 284 g/mol. The Kier molecular flexibility index (Phi) is 7.07. The van der Waals surface area contributed by atoms with Crippen LogP contribution in [0.5, 0.6) is 0 Å². The van der Waals surface area contributed by atoms with Crippen LogP contribution < -0.4 is 10.6 Å². The molecule has 2 rings (SSSR count). The Bertz CT molecular complexity index is 261. The van der Waals surface area contributed by atoms with E-state index in [1.54, 1.807) is 0 Å².